The molecule has 0 aliphatic carbocycles. The molecular formula is C16H11Cl2NO4. The second-order valence-electron chi connectivity index (χ2n) is 4.51. The van der Waals surface area contributed by atoms with Gasteiger partial charge >= 0.3 is 0 Å². The van der Waals surface area contributed by atoms with E-state index >= 15 is 0 Å². The van der Waals surface area contributed by atoms with Crippen LogP contribution in [0.4, 0.5) is 0 Å². The van der Waals surface area contributed by atoms with Crippen molar-refractivity contribution in [2.45, 2.75) is 0 Å². The van der Waals surface area contributed by atoms with Crippen molar-refractivity contribution in [3.8, 4) is 5.75 Å². The number of hydrogen-bond donors (Lipinski definition) is 0. The molecule has 0 unspecified atom stereocenters. The Balaban J connectivity index is 0.00000192. The minimum absolute atomic E-state index is 0. The zero-order valence-electron chi connectivity index (χ0n) is 11.9. The molecule has 0 radical (unpaired) electrons. The number of fused-ring (bicyclic) bond motifs is 1. The lowest BCUT2D eigenvalue weighted by molar-refractivity contribution is 0.101. The summed E-state index contributed by atoms with van der Waals surface area (Å²) in [6.07, 6.45) is 3.04. The Hall–Kier alpha value is -2.37. The van der Waals surface area contributed by atoms with Crippen LogP contribution in [0.1, 0.15) is 26.5 Å². The number of carbonyl (C=O) groups is 2. The van der Waals surface area contributed by atoms with Crippen LogP contribution in [0.15, 0.2) is 47.1 Å². The van der Waals surface area contributed by atoms with Crippen molar-refractivity contribution < 1.29 is 18.7 Å². The maximum absolute atomic E-state index is 12.4. The molecule has 0 saturated heterocycles. The number of furan rings is 1. The minimum Gasteiger partial charge on any atom is -0.493 e. The molecule has 23 heavy (non-hydrogen) atoms. The molecule has 0 saturated carbocycles. The molecule has 0 spiro atoms. The molecule has 3 aromatic rings. The smallest absolute Gasteiger partial charge is 0.253 e. The van der Waals surface area contributed by atoms with Gasteiger partial charge in [0.2, 0.25) is 5.78 Å². The molecular weight excluding hydrogens is 341 g/mol. The van der Waals surface area contributed by atoms with E-state index in [9.17, 15) is 9.59 Å². The van der Waals surface area contributed by atoms with Crippen LogP contribution in [0, 0.1) is 0 Å². The van der Waals surface area contributed by atoms with E-state index in [1.54, 1.807) is 18.2 Å². The lowest BCUT2D eigenvalue weighted by Crippen LogP contribution is -1.99. The van der Waals surface area contributed by atoms with Crippen LogP contribution in [0.25, 0.3) is 11.0 Å². The Morgan fingerprint density at radius 1 is 1.17 bits per heavy atom. The number of nitrogens with zero attached hydrogens (tertiary/aromatic N) is 1. The van der Waals surface area contributed by atoms with Gasteiger partial charge in [-0.15, -0.1) is 12.4 Å². The summed E-state index contributed by atoms with van der Waals surface area (Å²) in [7, 11) is 1.48. The zero-order chi connectivity index (χ0) is 15.7. The molecule has 0 amide bonds. The molecule has 0 bridgehead atoms. The standard InChI is InChI=1S/C16H10ClNO4.ClH/c1-21-12-3-2-10(16(17)20)11-8-13(22-15(11)12)14(19)9-4-6-18-7-5-9;/h2-8H,1H3;1H. The molecule has 2 heterocycles. The number of hydrogen-bond acceptors (Lipinski definition) is 5. The summed E-state index contributed by atoms with van der Waals surface area (Å²) in [5, 5.41) is -0.187. The van der Waals surface area contributed by atoms with Crippen molar-refractivity contribution in [1.29, 1.82) is 0 Å². The molecule has 5 nitrogen and oxygen atoms in total. The van der Waals surface area contributed by atoms with Gasteiger partial charge in [-0.25, -0.2) is 0 Å². The number of ketones is 1. The normalized spacial score (nSPS) is 10.2. The minimum atomic E-state index is -0.628. The third-order valence-corrected chi connectivity index (χ3v) is 3.45. The molecule has 0 N–H and O–H groups in total. The number of pyridine rings is 1. The summed E-state index contributed by atoms with van der Waals surface area (Å²) >= 11 is 5.57. The van der Waals surface area contributed by atoms with Crippen LogP contribution in [-0.2, 0) is 0 Å². The number of benzene rings is 1. The largest absolute Gasteiger partial charge is 0.493 e. The molecule has 3 rings (SSSR count). The number of halogens is 2. The van der Waals surface area contributed by atoms with Crippen LogP contribution in [0.2, 0.25) is 0 Å². The zero-order valence-corrected chi connectivity index (χ0v) is 13.5. The van der Waals surface area contributed by atoms with Crippen molar-refractivity contribution >= 4 is 46.0 Å². The Morgan fingerprint density at radius 2 is 1.87 bits per heavy atom. The molecule has 0 atom stereocenters. The van der Waals surface area contributed by atoms with E-state index in [-0.39, 0.29) is 29.5 Å². The van der Waals surface area contributed by atoms with Crippen LogP contribution < -0.4 is 4.74 Å². The first-order chi connectivity index (χ1) is 10.6. The van der Waals surface area contributed by atoms with Crippen LogP contribution >= 0.6 is 24.0 Å². The first-order valence-corrected chi connectivity index (χ1v) is 6.74. The van der Waals surface area contributed by atoms with E-state index in [0.717, 1.165) is 0 Å². The fourth-order valence-electron chi connectivity index (χ4n) is 2.19. The van der Waals surface area contributed by atoms with Gasteiger partial charge in [0.15, 0.2) is 17.1 Å². The predicted molar refractivity (Wildman–Crippen MR) is 87.9 cm³/mol. The van der Waals surface area contributed by atoms with Crippen molar-refractivity contribution in [3.63, 3.8) is 0 Å². The van der Waals surface area contributed by atoms with Crippen molar-refractivity contribution in [2.75, 3.05) is 7.11 Å². The molecule has 7 heteroatoms. The number of rotatable bonds is 4. The average Bonchev–Trinajstić information content (AvgIpc) is 2.98. The summed E-state index contributed by atoms with van der Waals surface area (Å²) in [6, 6.07) is 7.77. The van der Waals surface area contributed by atoms with Gasteiger partial charge in [-0.2, -0.15) is 0 Å². The Labute approximate surface area is 142 Å². The lowest BCUT2D eigenvalue weighted by atomic mass is 10.1. The van der Waals surface area contributed by atoms with Crippen molar-refractivity contribution in [1.82, 2.24) is 4.98 Å². The van der Waals surface area contributed by atoms with E-state index in [0.29, 0.717) is 22.3 Å². The van der Waals surface area contributed by atoms with Crippen LogP contribution in [-0.4, -0.2) is 23.1 Å². The van der Waals surface area contributed by atoms with Crippen molar-refractivity contribution in [2.24, 2.45) is 0 Å². The first-order valence-electron chi connectivity index (χ1n) is 6.37. The van der Waals surface area contributed by atoms with Gasteiger partial charge < -0.3 is 9.15 Å². The van der Waals surface area contributed by atoms with Crippen LogP contribution in [0.5, 0.6) is 5.75 Å². The fraction of sp³-hybridized carbons (Fsp3) is 0.0625. The second kappa shape index (κ2) is 6.81. The lowest BCUT2D eigenvalue weighted by Gasteiger charge is -2.02. The molecule has 0 aliphatic rings. The molecule has 0 fully saturated rings. The maximum atomic E-state index is 12.4. The summed E-state index contributed by atoms with van der Waals surface area (Å²) < 4.78 is 10.8. The van der Waals surface area contributed by atoms with Gasteiger partial charge in [0.25, 0.3) is 5.24 Å². The summed E-state index contributed by atoms with van der Waals surface area (Å²) in [6.45, 7) is 0. The van der Waals surface area contributed by atoms with E-state index in [1.165, 1.54) is 31.6 Å². The van der Waals surface area contributed by atoms with Gasteiger partial charge in [-0.3, -0.25) is 14.6 Å². The number of ether oxygens (including phenoxy) is 1. The van der Waals surface area contributed by atoms with Gasteiger partial charge in [0, 0.05) is 28.9 Å². The highest BCUT2D eigenvalue weighted by molar-refractivity contribution is 6.68. The van der Waals surface area contributed by atoms with Crippen molar-refractivity contribution in [3.05, 3.63) is 59.6 Å². The highest BCUT2D eigenvalue weighted by Crippen LogP contribution is 2.33. The summed E-state index contributed by atoms with van der Waals surface area (Å²) in [4.78, 5) is 27.8. The SMILES string of the molecule is COc1ccc(C(=O)Cl)c2cc(C(=O)c3ccncc3)oc12.Cl. The predicted octanol–water partition coefficient (Wildman–Crippen LogP) is 3.87. The van der Waals surface area contributed by atoms with E-state index in [2.05, 4.69) is 4.98 Å². The maximum Gasteiger partial charge on any atom is 0.253 e. The third-order valence-electron chi connectivity index (χ3n) is 3.25. The Morgan fingerprint density at radius 3 is 2.48 bits per heavy atom. The highest BCUT2D eigenvalue weighted by atomic mass is 35.5. The van der Waals surface area contributed by atoms with Gasteiger partial charge in [-0.1, -0.05) is 0 Å². The summed E-state index contributed by atoms with van der Waals surface area (Å²) in [5.41, 5.74) is 1.01. The van der Waals surface area contributed by atoms with Crippen LogP contribution in [0.3, 0.4) is 0 Å². The second-order valence-corrected chi connectivity index (χ2v) is 4.85. The van der Waals surface area contributed by atoms with Gasteiger partial charge in [0.05, 0.1) is 7.11 Å². The molecule has 1 aromatic carbocycles. The van der Waals surface area contributed by atoms with E-state index in [4.69, 9.17) is 20.8 Å². The Bertz CT molecular complexity index is 874. The molecule has 2 aromatic heterocycles. The third kappa shape index (κ3) is 3.06. The number of aromatic nitrogens is 1. The topological polar surface area (TPSA) is 69.4 Å². The number of carbonyl (C=O) groups excluding carboxylic acids is 2. The quantitative estimate of drug-likeness (QED) is 0.527. The monoisotopic (exact) mass is 351 g/mol. The first kappa shape index (κ1) is 17.0. The fourth-order valence-corrected chi connectivity index (χ4v) is 2.35. The highest BCUT2D eigenvalue weighted by Gasteiger charge is 2.20. The average molecular weight is 352 g/mol. The van der Waals surface area contributed by atoms with Gasteiger partial charge in [-0.05, 0) is 41.9 Å². The van der Waals surface area contributed by atoms with E-state index in [1.807, 2.05) is 0 Å². The summed E-state index contributed by atoms with van der Waals surface area (Å²) in [5.74, 6) is 0.212. The number of methoxy groups -OCH3 is 1. The molecule has 118 valence electrons. The van der Waals surface area contributed by atoms with E-state index < -0.39 is 5.24 Å². The Kier molecular flexibility index (Phi) is 5.03. The molecule has 0 aliphatic heterocycles. The van der Waals surface area contributed by atoms with Gasteiger partial charge in [0.1, 0.15) is 0 Å².